The van der Waals surface area contributed by atoms with E-state index in [-0.39, 0.29) is 11.5 Å². The van der Waals surface area contributed by atoms with Crippen LogP contribution in [0.5, 0.6) is 0 Å². The summed E-state index contributed by atoms with van der Waals surface area (Å²) in [5.41, 5.74) is 3.54. The number of fused-ring (bicyclic) bond motifs is 4. The number of likely N-dealkylation sites (N-methyl/N-ethyl adjacent to an activating group) is 1. The van der Waals surface area contributed by atoms with Crippen LogP contribution >= 0.6 is 0 Å². The van der Waals surface area contributed by atoms with Crippen LogP contribution in [0.1, 0.15) is 19.4 Å². The van der Waals surface area contributed by atoms with Gasteiger partial charge in [0.2, 0.25) is 0 Å². The molecule has 1 aromatic carbocycles. The predicted octanol–water partition coefficient (Wildman–Crippen LogP) is 2.31. The van der Waals surface area contributed by atoms with E-state index in [2.05, 4.69) is 18.7 Å². The summed E-state index contributed by atoms with van der Waals surface area (Å²) in [5.74, 6) is -0.949. The van der Waals surface area contributed by atoms with Crippen molar-refractivity contribution in [3.8, 4) is 0 Å². The van der Waals surface area contributed by atoms with Crippen LogP contribution in [0.3, 0.4) is 0 Å². The number of hydrogen-bond acceptors (Lipinski definition) is 4. The maximum absolute atomic E-state index is 12.2. The quantitative estimate of drug-likeness (QED) is 0.541. The number of benzene rings is 1. The number of esters is 2. The molecule has 1 saturated heterocycles. The Bertz CT molecular complexity index is 774. The molecule has 0 N–H and O–H groups in total. The monoisotopic (exact) mass is 281 g/mol. The van der Waals surface area contributed by atoms with Gasteiger partial charge in [-0.25, -0.2) is 9.59 Å². The number of nitrogens with zero attached hydrogens (tertiary/aromatic N) is 1. The van der Waals surface area contributed by atoms with Gasteiger partial charge in [-0.05, 0) is 13.0 Å². The lowest BCUT2D eigenvalue weighted by Crippen LogP contribution is -2.47. The van der Waals surface area contributed by atoms with E-state index < -0.39 is 11.9 Å². The second-order valence-corrected chi connectivity index (χ2v) is 6.02. The third kappa shape index (κ3) is 1.25. The van der Waals surface area contributed by atoms with E-state index >= 15 is 0 Å². The minimum absolute atomic E-state index is 0.0992. The highest BCUT2D eigenvalue weighted by Gasteiger charge is 2.53. The molecule has 3 aliphatic rings. The Morgan fingerprint density at radius 2 is 1.90 bits per heavy atom. The van der Waals surface area contributed by atoms with Crippen LogP contribution in [-0.2, 0) is 14.3 Å². The van der Waals surface area contributed by atoms with Gasteiger partial charge in [-0.2, -0.15) is 0 Å². The van der Waals surface area contributed by atoms with Gasteiger partial charge in [-0.15, -0.1) is 0 Å². The van der Waals surface area contributed by atoms with Gasteiger partial charge in [0.05, 0.1) is 16.7 Å². The van der Waals surface area contributed by atoms with Gasteiger partial charge < -0.3 is 9.64 Å². The Morgan fingerprint density at radius 1 is 1.19 bits per heavy atom. The van der Waals surface area contributed by atoms with Gasteiger partial charge in [0.1, 0.15) is 0 Å². The number of anilines is 1. The number of hydrogen-bond donors (Lipinski definition) is 0. The van der Waals surface area contributed by atoms with Gasteiger partial charge in [0.15, 0.2) is 0 Å². The van der Waals surface area contributed by atoms with Crippen molar-refractivity contribution >= 4 is 23.2 Å². The van der Waals surface area contributed by atoms with Crippen molar-refractivity contribution in [1.82, 2.24) is 0 Å². The van der Waals surface area contributed by atoms with Crippen LogP contribution in [0.25, 0.3) is 5.57 Å². The molecule has 0 aromatic heterocycles. The SMILES string of the molecule is C[C@@H]1C=C2C(=O)OC(=O)C2=C2c3ccccc3N(C)[C@]21C. The zero-order valence-electron chi connectivity index (χ0n) is 12.1. The van der Waals surface area contributed by atoms with Gasteiger partial charge in [0.25, 0.3) is 0 Å². The number of cyclic esters (lactones) is 2. The highest BCUT2D eigenvalue weighted by Crippen LogP contribution is 2.55. The summed E-state index contributed by atoms with van der Waals surface area (Å²) in [6, 6.07) is 7.99. The van der Waals surface area contributed by atoms with E-state index in [0.717, 1.165) is 16.8 Å². The molecule has 1 fully saturated rings. The summed E-state index contributed by atoms with van der Waals surface area (Å²) in [7, 11) is 2.03. The van der Waals surface area contributed by atoms with Crippen molar-refractivity contribution in [1.29, 1.82) is 0 Å². The first-order valence-electron chi connectivity index (χ1n) is 7.03. The number of carbonyl (C=O) groups is 2. The lowest BCUT2D eigenvalue weighted by molar-refractivity contribution is -0.149. The maximum atomic E-state index is 12.2. The molecule has 106 valence electrons. The van der Waals surface area contributed by atoms with Crippen LogP contribution in [0.4, 0.5) is 5.69 Å². The minimum Gasteiger partial charge on any atom is -0.386 e. The molecule has 0 spiro atoms. The molecule has 4 nitrogen and oxygen atoms in total. The minimum atomic E-state index is -0.525. The van der Waals surface area contributed by atoms with Crippen molar-refractivity contribution in [3.05, 3.63) is 47.1 Å². The predicted molar refractivity (Wildman–Crippen MR) is 78.5 cm³/mol. The fraction of sp³-hybridized carbons (Fsp3) is 0.294. The standard InChI is InChI=1S/C17H15NO3/c1-9-8-11-13(16(20)21-15(11)19)14-10-6-4-5-7-12(10)18(3)17(9,14)2/h4-9H,1-3H3/t9-,17+/m1/s1. The molecule has 0 unspecified atom stereocenters. The highest BCUT2D eigenvalue weighted by atomic mass is 16.6. The summed E-state index contributed by atoms with van der Waals surface area (Å²) in [4.78, 5) is 26.3. The molecule has 1 aliphatic carbocycles. The summed E-state index contributed by atoms with van der Waals surface area (Å²) in [6.07, 6.45) is 1.87. The van der Waals surface area contributed by atoms with Gasteiger partial charge in [-0.1, -0.05) is 31.2 Å². The molecule has 1 aromatic rings. The normalized spacial score (nSPS) is 30.0. The van der Waals surface area contributed by atoms with Crippen molar-refractivity contribution < 1.29 is 14.3 Å². The van der Waals surface area contributed by atoms with E-state index in [1.807, 2.05) is 37.4 Å². The Kier molecular flexibility index (Phi) is 2.15. The van der Waals surface area contributed by atoms with Gasteiger partial charge >= 0.3 is 11.9 Å². The molecular formula is C17H15NO3. The molecule has 0 saturated carbocycles. The van der Waals surface area contributed by atoms with Crippen LogP contribution in [0.15, 0.2) is 41.5 Å². The third-order valence-electron chi connectivity index (χ3n) is 5.17. The van der Waals surface area contributed by atoms with E-state index in [1.165, 1.54) is 0 Å². The Labute approximate surface area is 122 Å². The first kappa shape index (κ1) is 12.4. The molecule has 21 heavy (non-hydrogen) atoms. The van der Waals surface area contributed by atoms with Crippen molar-refractivity contribution in [3.63, 3.8) is 0 Å². The molecular weight excluding hydrogens is 266 g/mol. The summed E-state index contributed by atoms with van der Waals surface area (Å²) in [5, 5.41) is 0. The van der Waals surface area contributed by atoms with Gasteiger partial charge in [-0.3, -0.25) is 0 Å². The fourth-order valence-electron chi connectivity index (χ4n) is 3.79. The number of rotatable bonds is 0. The lowest BCUT2D eigenvalue weighted by Gasteiger charge is -2.41. The largest absolute Gasteiger partial charge is 0.386 e. The zero-order chi connectivity index (χ0) is 14.9. The Morgan fingerprint density at radius 3 is 2.67 bits per heavy atom. The lowest BCUT2D eigenvalue weighted by atomic mass is 9.71. The van der Waals surface area contributed by atoms with Gasteiger partial charge in [0, 0.05) is 29.8 Å². The van der Waals surface area contributed by atoms with Crippen LogP contribution in [0, 0.1) is 5.92 Å². The average molecular weight is 281 g/mol. The first-order chi connectivity index (χ1) is 9.96. The number of carbonyl (C=O) groups excluding carboxylic acids is 2. The summed E-state index contributed by atoms with van der Waals surface area (Å²) >= 11 is 0. The molecule has 4 rings (SSSR count). The average Bonchev–Trinajstić information content (AvgIpc) is 2.86. The van der Waals surface area contributed by atoms with Crippen molar-refractivity contribution in [2.45, 2.75) is 19.4 Å². The third-order valence-corrected chi connectivity index (χ3v) is 5.17. The summed E-state index contributed by atoms with van der Waals surface area (Å²) < 4.78 is 4.84. The second kappa shape index (κ2) is 3.64. The molecule has 2 atom stereocenters. The Hall–Kier alpha value is -2.36. The first-order valence-corrected chi connectivity index (χ1v) is 7.03. The molecule has 4 heteroatoms. The molecule has 0 bridgehead atoms. The van der Waals surface area contributed by atoms with E-state index in [9.17, 15) is 9.59 Å². The van der Waals surface area contributed by atoms with E-state index in [4.69, 9.17) is 4.74 Å². The molecule has 0 amide bonds. The summed E-state index contributed by atoms with van der Waals surface area (Å²) in [6.45, 7) is 4.19. The zero-order valence-corrected chi connectivity index (χ0v) is 12.1. The highest BCUT2D eigenvalue weighted by molar-refractivity contribution is 6.24. The Balaban J connectivity index is 2.12. The van der Waals surface area contributed by atoms with Crippen LogP contribution in [-0.4, -0.2) is 24.5 Å². The smallest absolute Gasteiger partial charge is 0.347 e. The molecule has 2 heterocycles. The number of para-hydroxylation sites is 1. The van der Waals surface area contributed by atoms with E-state index in [1.54, 1.807) is 0 Å². The van der Waals surface area contributed by atoms with Crippen molar-refractivity contribution in [2.24, 2.45) is 5.92 Å². The fourth-order valence-corrected chi connectivity index (χ4v) is 3.79. The number of ether oxygens (including phenoxy) is 1. The maximum Gasteiger partial charge on any atom is 0.347 e. The second-order valence-electron chi connectivity index (χ2n) is 6.02. The topological polar surface area (TPSA) is 46.6 Å². The van der Waals surface area contributed by atoms with Crippen LogP contribution < -0.4 is 4.90 Å². The van der Waals surface area contributed by atoms with Crippen LogP contribution in [0.2, 0.25) is 0 Å². The molecule has 0 radical (unpaired) electrons. The molecule has 2 aliphatic heterocycles. The van der Waals surface area contributed by atoms with Crippen molar-refractivity contribution in [2.75, 3.05) is 11.9 Å². The van der Waals surface area contributed by atoms with E-state index in [0.29, 0.717) is 11.1 Å².